The molecule has 0 unspecified atom stereocenters. The van der Waals surface area contributed by atoms with Gasteiger partial charge in [0.25, 0.3) is 5.91 Å². The molecule has 1 amide bonds. The average molecular weight is 605 g/mol. The summed E-state index contributed by atoms with van der Waals surface area (Å²) in [6, 6.07) is 21.9. The van der Waals surface area contributed by atoms with E-state index >= 15 is 0 Å². The maximum atomic E-state index is 13.8. The molecule has 0 atom stereocenters. The summed E-state index contributed by atoms with van der Waals surface area (Å²) >= 11 is 0. The molecule has 0 saturated heterocycles. The zero-order chi connectivity index (χ0) is 31.0. The van der Waals surface area contributed by atoms with Gasteiger partial charge in [-0.2, -0.15) is 0 Å². The summed E-state index contributed by atoms with van der Waals surface area (Å²) in [6.07, 6.45) is 9.04. The first-order valence-corrected chi connectivity index (χ1v) is 16.5. The highest BCUT2D eigenvalue weighted by atomic mass is 16.5. The Balaban J connectivity index is 1.17. The SMILES string of the molecule is O=C(O)CCc1ccc(CC(=O)C2(NC(=O)c3ccc4c(C5CCCCC5)c5n(c4c3)CCOc3ccccc3-5)CCC2)cc1. The van der Waals surface area contributed by atoms with Crippen molar-refractivity contribution in [3.8, 4) is 17.0 Å². The zero-order valence-electron chi connectivity index (χ0n) is 25.6. The number of aromatic nitrogens is 1. The van der Waals surface area contributed by atoms with E-state index in [0.717, 1.165) is 34.4 Å². The predicted octanol–water partition coefficient (Wildman–Crippen LogP) is 7.23. The van der Waals surface area contributed by atoms with Crippen LogP contribution < -0.4 is 10.1 Å². The van der Waals surface area contributed by atoms with Gasteiger partial charge in [-0.25, -0.2) is 0 Å². The number of hydrogen-bond acceptors (Lipinski definition) is 4. The van der Waals surface area contributed by atoms with Gasteiger partial charge in [-0.1, -0.05) is 61.7 Å². The molecule has 7 nitrogen and oxygen atoms in total. The summed E-state index contributed by atoms with van der Waals surface area (Å²) in [5.74, 6) is 0.368. The Morgan fingerprint density at radius 2 is 1.67 bits per heavy atom. The number of ketones is 1. The van der Waals surface area contributed by atoms with Gasteiger partial charge in [0, 0.05) is 34.9 Å². The van der Waals surface area contributed by atoms with Crippen LogP contribution in [0.4, 0.5) is 0 Å². The van der Waals surface area contributed by atoms with Crippen molar-refractivity contribution in [2.75, 3.05) is 6.61 Å². The molecule has 2 saturated carbocycles. The number of benzene rings is 3. The quantitative estimate of drug-likeness (QED) is 0.210. The van der Waals surface area contributed by atoms with Crippen molar-refractivity contribution in [3.63, 3.8) is 0 Å². The van der Waals surface area contributed by atoms with E-state index in [1.807, 2.05) is 42.5 Å². The Kier molecular flexibility index (Phi) is 7.94. The summed E-state index contributed by atoms with van der Waals surface area (Å²) in [7, 11) is 0. The fraction of sp³-hybridized carbons (Fsp3) is 0.395. The van der Waals surface area contributed by atoms with E-state index in [1.165, 1.54) is 48.7 Å². The minimum absolute atomic E-state index is 0.0198. The Morgan fingerprint density at radius 3 is 2.40 bits per heavy atom. The molecule has 2 heterocycles. The molecule has 0 radical (unpaired) electrons. The number of carbonyl (C=O) groups is 3. The van der Waals surface area contributed by atoms with Crippen molar-refractivity contribution in [1.29, 1.82) is 0 Å². The summed E-state index contributed by atoms with van der Waals surface area (Å²) in [4.78, 5) is 38.3. The molecular weight excluding hydrogens is 564 g/mol. The third-order valence-corrected chi connectivity index (χ3v) is 10.2. The van der Waals surface area contributed by atoms with Crippen molar-refractivity contribution in [1.82, 2.24) is 9.88 Å². The van der Waals surface area contributed by atoms with Crippen molar-refractivity contribution in [2.45, 2.75) is 88.6 Å². The van der Waals surface area contributed by atoms with E-state index < -0.39 is 11.5 Å². The van der Waals surface area contributed by atoms with Crippen LogP contribution in [0.2, 0.25) is 0 Å². The number of carboxylic acids is 1. The Morgan fingerprint density at radius 1 is 0.911 bits per heavy atom. The van der Waals surface area contributed by atoms with Gasteiger partial charge in [-0.05, 0) is 85.4 Å². The van der Waals surface area contributed by atoms with E-state index in [-0.39, 0.29) is 24.5 Å². The molecule has 232 valence electrons. The number of aryl methyl sites for hydroxylation is 1. The molecule has 3 aromatic carbocycles. The van der Waals surface area contributed by atoms with Crippen molar-refractivity contribution >= 4 is 28.6 Å². The van der Waals surface area contributed by atoms with Crippen LogP contribution in [0.3, 0.4) is 0 Å². The number of rotatable bonds is 9. The minimum Gasteiger partial charge on any atom is -0.491 e. The van der Waals surface area contributed by atoms with Crippen molar-refractivity contribution in [2.24, 2.45) is 0 Å². The minimum atomic E-state index is -0.857. The Bertz CT molecular complexity index is 1760. The van der Waals surface area contributed by atoms with E-state index in [1.54, 1.807) is 0 Å². The molecule has 2 fully saturated rings. The van der Waals surface area contributed by atoms with Crippen LogP contribution in [-0.2, 0) is 29.0 Å². The first-order chi connectivity index (χ1) is 21.9. The third kappa shape index (κ3) is 5.65. The highest BCUT2D eigenvalue weighted by Crippen LogP contribution is 2.47. The second-order valence-corrected chi connectivity index (χ2v) is 13.0. The maximum absolute atomic E-state index is 13.8. The third-order valence-electron chi connectivity index (χ3n) is 10.2. The molecule has 4 aromatic rings. The summed E-state index contributed by atoms with van der Waals surface area (Å²) in [5.41, 5.74) is 6.29. The summed E-state index contributed by atoms with van der Waals surface area (Å²) in [5, 5.41) is 13.3. The van der Waals surface area contributed by atoms with Crippen LogP contribution in [0, 0.1) is 0 Å². The molecule has 2 N–H and O–H groups in total. The largest absolute Gasteiger partial charge is 0.491 e. The first-order valence-electron chi connectivity index (χ1n) is 16.5. The normalized spacial score (nSPS) is 17.3. The number of amides is 1. The molecule has 7 rings (SSSR count). The highest BCUT2D eigenvalue weighted by molar-refractivity contribution is 6.04. The van der Waals surface area contributed by atoms with Crippen LogP contribution in [-0.4, -0.2) is 39.5 Å². The lowest BCUT2D eigenvalue weighted by atomic mass is 9.72. The van der Waals surface area contributed by atoms with Crippen molar-refractivity contribution < 1.29 is 24.2 Å². The van der Waals surface area contributed by atoms with E-state index in [9.17, 15) is 14.4 Å². The molecular formula is C38H40N2O5. The number of Topliss-reactive ketones (excluding diaryl/α,β-unsaturated/α-hetero) is 1. The lowest BCUT2D eigenvalue weighted by Crippen LogP contribution is -2.59. The second-order valence-electron chi connectivity index (χ2n) is 13.0. The highest BCUT2D eigenvalue weighted by Gasteiger charge is 2.45. The number of carbonyl (C=O) groups excluding carboxylic acids is 2. The van der Waals surface area contributed by atoms with Gasteiger partial charge in [0.2, 0.25) is 0 Å². The molecule has 0 spiro atoms. The van der Waals surface area contributed by atoms with Gasteiger partial charge >= 0.3 is 5.97 Å². The fourth-order valence-corrected chi connectivity index (χ4v) is 7.60. The summed E-state index contributed by atoms with van der Waals surface area (Å²) in [6.45, 7) is 1.27. The number of fused-ring (bicyclic) bond motifs is 5. The smallest absolute Gasteiger partial charge is 0.303 e. The molecule has 2 aliphatic carbocycles. The van der Waals surface area contributed by atoms with Gasteiger partial charge in [-0.15, -0.1) is 0 Å². The Labute approximate surface area is 263 Å². The van der Waals surface area contributed by atoms with E-state index in [4.69, 9.17) is 9.84 Å². The van der Waals surface area contributed by atoms with Crippen LogP contribution in [0.5, 0.6) is 5.75 Å². The first kappa shape index (κ1) is 29.3. The van der Waals surface area contributed by atoms with Gasteiger partial charge < -0.3 is 19.7 Å². The van der Waals surface area contributed by atoms with Gasteiger partial charge in [-0.3, -0.25) is 14.4 Å². The monoisotopic (exact) mass is 604 g/mol. The number of para-hydroxylation sites is 1. The predicted molar refractivity (Wildman–Crippen MR) is 174 cm³/mol. The number of aliphatic carboxylic acids is 1. The molecule has 3 aliphatic rings. The van der Waals surface area contributed by atoms with E-state index in [2.05, 4.69) is 34.1 Å². The lowest BCUT2D eigenvalue weighted by molar-refractivity contribution is -0.137. The number of ether oxygens (including phenoxy) is 1. The van der Waals surface area contributed by atoms with Gasteiger partial charge in [0.1, 0.15) is 12.4 Å². The zero-order valence-corrected chi connectivity index (χ0v) is 25.6. The Hall–Kier alpha value is -4.39. The lowest BCUT2D eigenvalue weighted by Gasteiger charge is -2.41. The summed E-state index contributed by atoms with van der Waals surface area (Å²) < 4.78 is 8.54. The molecule has 0 bridgehead atoms. The van der Waals surface area contributed by atoms with E-state index in [0.29, 0.717) is 43.9 Å². The number of carboxylic acid groups (broad SMARTS) is 1. The topological polar surface area (TPSA) is 97.6 Å². The number of hydrogen-bond donors (Lipinski definition) is 2. The van der Waals surface area contributed by atoms with Gasteiger partial charge in [0.15, 0.2) is 5.78 Å². The molecule has 45 heavy (non-hydrogen) atoms. The maximum Gasteiger partial charge on any atom is 0.303 e. The second kappa shape index (κ2) is 12.2. The fourth-order valence-electron chi connectivity index (χ4n) is 7.60. The van der Waals surface area contributed by atoms with Crippen LogP contribution in [0.1, 0.15) is 90.8 Å². The standard InChI is InChI=1S/C38H40N2O5/c41-33(23-26-13-11-25(12-14-26)15-18-34(42)43)38(19-6-20-38)39-37(44)28-16-17-29-31(24-28)40-21-22-45-32-10-5-4-9-30(32)36(40)35(29)27-7-2-1-3-8-27/h4-5,9-14,16-17,24,27H,1-3,6-8,15,18-23H2,(H,39,44)(H,42,43). The molecule has 7 heteroatoms. The van der Waals surface area contributed by atoms with Crippen molar-refractivity contribution in [3.05, 3.63) is 89.0 Å². The van der Waals surface area contributed by atoms with Crippen LogP contribution in [0.25, 0.3) is 22.2 Å². The van der Waals surface area contributed by atoms with Crippen LogP contribution >= 0.6 is 0 Å². The number of nitrogens with zero attached hydrogens (tertiary/aromatic N) is 1. The number of nitrogens with one attached hydrogen (secondary N) is 1. The van der Waals surface area contributed by atoms with Crippen LogP contribution in [0.15, 0.2) is 66.7 Å². The molecule has 1 aromatic heterocycles. The molecule has 1 aliphatic heterocycles. The average Bonchev–Trinajstić information content (AvgIpc) is 3.23. The van der Waals surface area contributed by atoms with Gasteiger partial charge in [0.05, 0.1) is 17.8 Å².